The fraction of sp³-hybridized carbons (Fsp3) is 0.227. The fourth-order valence-corrected chi connectivity index (χ4v) is 3.27. The molecule has 1 N–H and O–H groups in total. The van der Waals surface area contributed by atoms with Crippen molar-refractivity contribution in [3.63, 3.8) is 0 Å². The Hall–Kier alpha value is -3.25. The van der Waals surface area contributed by atoms with E-state index in [2.05, 4.69) is 49.4 Å². The molecular formula is C22H23N5O. The zero-order chi connectivity index (χ0) is 19.2. The number of carbonyl (C=O) groups excluding carboxylic acids is 1. The Morgan fingerprint density at radius 1 is 0.857 bits per heavy atom. The Labute approximate surface area is 164 Å². The standard InChI is InChI=1S/C22H23N5O/c28-21(25-20-9-5-2-6-10-20)19-15-23-22(24-16-19)27-13-11-26(12-14-27)17-18-7-3-1-4-8-18/h1-10,15-16H,11-14,17H2,(H,25,28). The van der Waals surface area contributed by atoms with Gasteiger partial charge in [-0.15, -0.1) is 0 Å². The predicted molar refractivity (Wildman–Crippen MR) is 110 cm³/mol. The molecule has 1 aliphatic heterocycles. The second-order valence-electron chi connectivity index (χ2n) is 6.84. The normalized spacial score (nSPS) is 14.6. The Kier molecular flexibility index (Phi) is 5.58. The van der Waals surface area contributed by atoms with Crippen molar-refractivity contribution in [1.82, 2.24) is 14.9 Å². The summed E-state index contributed by atoms with van der Waals surface area (Å²) < 4.78 is 0. The maximum absolute atomic E-state index is 12.3. The highest BCUT2D eigenvalue weighted by molar-refractivity contribution is 6.03. The van der Waals surface area contributed by atoms with Crippen LogP contribution in [0.1, 0.15) is 15.9 Å². The smallest absolute Gasteiger partial charge is 0.258 e. The number of para-hydroxylation sites is 1. The Balaban J connectivity index is 1.31. The number of nitrogens with one attached hydrogen (secondary N) is 1. The largest absolute Gasteiger partial charge is 0.338 e. The molecule has 0 bridgehead atoms. The van der Waals surface area contributed by atoms with E-state index < -0.39 is 0 Å². The number of benzene rings is 2. The molecule has 1 aliphatic rings. The van der Waals surface area contributed by atoms with Gasteiger partial charge >= 0.3 is 0 Å². The molecule has 6 nitrogen and oxygen atoms in total. The lowest BCUT2D eigenvalue weighted by atomic mass is 10.2. The van der Waals surface area contributed by atoms with E-state index in [9.17, 15) is 4.79 Å². The lowest BCUT2D eigenvalue weighted by Crippen LogP contribution is -2.46. The van der Waals surface area contributed by atoms with E-state index in [1.54, 1.807) is 12.4 Å². The average molecular weight is 373 g/mol. The molecule has 1 fully saturated rings. The molecule has 1 saturated heterocycles. The van der Waals surface area contributed by atoms with E-state index in [0.717, 1.165) is 38.4 Å². The molecule has 0 radical (unpaired) electrons. The van der Waals surface area contributed by atoms with Crippen molar-refractivity contribution in [2.45, 2.75) is 6.54 Å². The lowest BCUT2D eigenvalue weighted by Gasteiger charge is -2.34. The highest BCUT2D eigenvalue weighted by atomic mass is 16.1. The molecule has 0 spiro atoms. The third-order valence-corrected chi connectivity index (χ3v) is 4.84. The molecule has 28 heavy (non-hydrogen) atoms. The van der Waals surface area contributed by atoms with Gasteiger partial charge in [-0.25, -0.2) is 9.97 Å². The third kappa shape index (κ3) is 4.53. The SMILES string of the molecule is O=C(Nc1ccccc1)c1cnc(N2CCN(Cc3ccccc3)CC2)nc1. The van der Waals surface area contributed by atoms with Crippen molar-refractivity contribution < 1.29 is 4.79 Å². The first-order valence-corrected chi connectivity index (χ1v) is 9.47. The van der Waals surface area contributed by atoms with Gasteiger partial charge in [0.05, 0.1) is 5.56 Å². The lowest BCUT2D eigenvalue weighted by molar-refractivity contribution is 0.102. The average Bonchev–Trinajstić information content (AvgIpc) is 2.76. The zero-order valence-electron chi connectivity index (χ0n) is 15.7. The van der Waals surface area contributed by atoms with E-state index in [0.29, 0.717) is 11.5 Å². The highest BCUT2D eigenvalue weighted by Crippen LogP contribution is 2.14. The van der Waals surface area contributed by atoms with Crippen LogP contribution in [0.5, 0.6) is 0 Å². The number of anilines is 2. The zero-order valence-corrected chi connectivity index (χ0v) is 15.7. The maximum atomic E-state index is 12.3. The molecule has 1 aromatic heterocycles. The number of carbonyl (C=O) groups is 1. The second-order valence-corrected chi connectivity index (χ2v) is 6.84. The van der Waals surface area contributed by atoms with Gasteiger partial charge in [-0.05, 0) is 17.7 Å². The summed E-state index contributed by atoms with van der Waals surface area (Å²) in [6.07, 6.45) is 3.19. The van der Waals surface area contributed by atoms with Gasteiger partial charge in [0.25, 0.3) is 5.91 Å². The third-order valence-electron chi connectivity index (χ3n) is 4.84. The van der Waals surface area contributed by atoms with Gasteiger partial charge in [-0.2, -0.15) is 0 Å². The van der Waals surface area contributed by atoms with Crippen LogP contribution in [0.2, 0.25) is 0 Å². The number of aromatic nitrogens is 2. The van der Waals surface area contributed by atoms with E-state index in [-0.39, 0.29) is 5.91 Å². The Morgan fingerprint density at radius 3 is 2.11 bits per heavy atom. The molecule has 4 rings (SSSR count). The van der Waals surface area contributed by atoms with Crippen LogP contribution in [0.3, 0.4) is 0 Å². The summed E-state index contributed by atoms with van der Waals surface area (Å²) in [5.74, 6) is 0.473. The minimum absolute atomic E-state index is 0.203. The number of piperazine rings is 1. The Morgan fingerprint density at radius 2 is 1.46 bits per heavy atom. The molecule has 6 heteroatoms. The first kappa shape index (κ1) is 18.1. The molecule has 2 aromatic carbocycles. The van der Waals surface area contributed by atoms with Crippen LogP contribution in [0.15, 0.2) is 73.1 Å². The van der Waals surface area contributed by atoms with Gasteiger partial charge in [0.2, 0.25) is 5.95 Å². The summed E-state index contributed by atoms with van der Waals surface area (Å²) in [5.41, 5.74) is 2.54. The summed E-state index contributed by atoms with van der Waals surface area (Å²) in [6.45, 7) is 4.65. The Bertz CT molecular complexity index is 891. The molecule has 0 atom stereocenters. The van der Waals surface area contributed by atoms with Crippen molar-refractivity contribution in [2.75, 3.05) is 36.4 Å². The molecule has 1 amide bonds. The van der Waals surface area contributed by atoms with E-state index in [1.807, 2.05) is 36.4 Å². The van der Waals surface area contributed by atoms with Gasteiger partial charge in [-0.1, -0.05) is 48.5 Å². The van der Waals surface area contributed by atoms with Gasteiger partial charge in [-0.3, -0.25) is 9.69 Å². The number of amides is 1. The molecule has 0 aliphatic carbocycles. The van der Waals surface area contributed by atoms with Crippen LogP contribution in [-0.4, -0.2) is 47.0 Å². The van der Waals surface area contributed by atoms with Crippen molar-refractivity contribution >= 4 is 17.5 Å². The van der Waals surface area contributed by atoms with Gasteiger partial charge in [0.15, 0.2) is 0 Å². The van der Waals surface area contributed by atoms with Crippen molar-refractivity contribution in [2.24, 2.45) is 0 Å². The van der Waals surface area contributed by atoms with Crippen LogP contribution in [-0.2, 0) is 6.54 Å². The van der Waals surface area contributed by atoms with Crippen LogP contribution < -0.4 is 10.2 Å². The number of hydrogen-bond donors (Lipinski definition) is 1. The van der Waals surface area contributed by atoms with E-state index in [1.165, 1.54) is 5.56 Å². The summed E-state index contributed by atoms with van der Waals surface area (Å²) in [7, 11) is 0. The summed E-state index contributed by atoms with van der Waals surface area (Å²) in [4.78, 5) is 25.7. The molecule has 3 aromatic rings. The molecule has 0 saturated carbocycles. The first-order chi connectivity index (χ1) is 13.8. The first-order valence-electron chi connectivity index (χ1n) is 9.47. The summed E-state index contributed by atoms with van der Waals surface area (Å²) in [5, 5.41) is 2.85. The molecule has 2 heterocycles. The number of hydrogen-bond acceptors (Lipinski definition) is 5. The minimum atomic E-state index is -0.203. The van der Waals surface area contributed by atoms with Crippen molar-refractivity contribution in [1.29, 1.82) is 0 Å². The van der Waals surface area contributed by atoms with E-state index >= 15 is 0 Å². The van der Waals surface area contributed by atoms with Crippen LogP contribution in [0.25, 0.3) is 0 Å². The number of rotatable bonds is 5. The van der Waals surface area contributed by atoms with Gasteiger partial charge in [0.1, 0.15) is 0 Å². The van der Waals surface area contributed by atoms with Crippen molar-refractivity contribution in [3.05, 3.63) is 84.2 Å². The van der Waals surface area contributed by atoms with Gasteiger partial charge < -0.3 is 10.2 Å². The van der Waals surface area contributed by atoms with Crippen molar-refractivity contribution in [3.8, 4) is 0 Å². The maximum Gasteiger partial charge on any atom is 0.258 e. The summed E-state index contributed by atoms with van der Waals surface area (Å²) >= 11 is 0. The monoisotopic (exact) mass is 373 g/mol. The molecule has 0 unspecified atom stereocenters. The van der Waals surface area contributed by atoms with Crippen LogP contribution in [0.4, 0.5) is 11.6 Å². The van der Waals surface area contributed by atoms with Crippen LogP contribution in [0, 0.1) is 0 Å². The quantitative estimate of drug-likeness (QED) is 0.745. The topological polar surface area (TPSA) is 61.4 Å². The predicted octanol–water partition coefficient (Wildman–Crippen LogP) is 3.05. The minimum Gasteiger partial charge on any atom is -0.338 e. The fourth-order valence-electron chi connectivity index (χ4n) is 3.27. The second kappa shape index (κ2) is 8.63. The van der Waals surface area contributed by atoms with Crippen LogP contribution >= 0.6 is 0 Å². The van der Waals surface area contributed by atoms with E-state index in [4.69, 9.17) is 0 Å². The molecule has 142 valence electrons. The van der Waals surface area contributed by atoms with Gasteiger partial charge in [0, 0.05) is 50.8 Å². The number of nitrogens with zero attached hydrogens (tertiary/aromatic N) is 4. The summed E-state index contributed by atoms with van der Waals surface area (Å²) in [6, 6.07) is 19.9. The molecular weight excluding hydrogens is 350 g/mol. The highest BCUT2D eigenvalue weighted by Gasteiger charge is 2.19.